The minimum absolute atomic E-state index is 0.0124. The highest BCUT2D eigenvalue weighted by Crippen LogP contribution is 2.32. The van der Waals surface area contributed by atoms with E-state index >= 15 is 0 Å². The van der Waals surface area contributed by atoms with Crippen LogP contribution in [0.4, 0.5) is 0 Å². The molecule has 2 aliphatic heterocycles. The molecule has 0 spiro atoms. The molecule has 0 N–H and O–H groups in total. The summed E-state index contributed by atoms with van der Waals surface area (Å²) in [6.45, 7) is 2.37. The van der Waals surface area contributed by atoms with Gasteiger partial charge in [-0.15, -0.1) is 11.3 Å². The van der Waals surface area contributed by atoms with Crippen LogP contribution in [0.25, 0.3) is 10.9 Å². The lowest BCUT2D eigenvalue weighted by atomic mass is 9.97. The van der Waals surface area contributed by atoms with Gasteiger partial charge in [-0.3, -0.25) is 9.59 Å². The highest BCUT2D eigenvalue weighted by Gasteiger charge is 2.34. The lowest BCUT2D eigenvalue weighted by Crippen LogP contribution is -2.56. The van der Waals surface area contributed by atoms with Gasteiger partial charge in [0.1, 0.15) is 29.0 Å². The summed E-state index contributed by atoms with van der Waals surface area (Å²) in [5.41, 5.74) is 1.63. The first-order chi connectivity index (χ1) is 18.6. The molecule has 4 heterocycles. The minimum atomic E-state index is -0.0902. The number of aromatic nitrogens is 2. The number of methoxy groups -OCH3 is 1. The van der Waals surface area contributed by atoms with Crippen molar-refractivity contribution in [3.05, 3.63) is 82.4 Å². The molecule has 2 amide bonds. The van der Waals surface area contributed by atoms with Gasteiger partial charge in [0.2, 0.25) is 0 Å². The number of fused-ring (bicyclic) bond motifs is 1. The molecule has 0 bridgehead atoms. The third-order valence-corrected chi connectivity index (χ3v) is 8.18. The number of amides is 2. The van der Waals surface area contributed by atoms with Gasteiger partial charge in [-0.25, -0.2) is 9.97 Å². The van der Waals surface area contributed by atoms with Crippen molar-refractivity contribution in [3.8, 4) is 11.5 Å². The second-order valence-electron chi connectivity index (χ2n) is 9.63. The van der Waals surface area contributed by atoms with E-state index in [9.17, 15) is 9.59 Å². The zero-order valence-corrected chi connectivity index (χ0v) is 21.9. The number of likely N-dealkylation sites (tertiary alicyclic amines) is 2. The number of benzene rings is 2. The smallest absolute Gasteiger partial charge is 0.273 e. The molecule has 0 saturated carbocycles. The monoisotopic (exact) mass is 528 g/mol. The SMILES string of the molecule is COc1cc(C(=O)N2CCC(c3nc(C(=O)N4CC(Oc5ccccc5)C4)cs3)CC2)nc2ccccc12. The molecule has 2 fully saturated rings. The molecule has 38 heavy (non-hydrogen) atoms. The number of carbonyl (C=O) groups excluding carboxylic acids is 2. The average molecular weight is 529 g/mol. The summed E-state index contributed by atoms with van der Waals surface area (Å²) in [6.07, 6.45) is 1.61. The maximum Gasteiger partial charge on any atom is 0.273 e. The Hall–Kier alpha value is -3.98. The molecule has 2 aliphatic rings. The first-order valence-corrected chi connectivity index (χ1v) is 13.7. The maximum absolute atomic E-state index is 13.2. The Morgan fingerprint density at radius 2 is 1.61 bits per heavy atom. The number of thiazole rings is 1. The van der Waals surface area contributed by atoms with Crippen LogP contribution in [0.1, 0.15) is 44.7 Å². The van der Waals surface area contributed by atoms with Gasteiger partial charge < -0.3 is 19.3 Å². The van der Waals surface area contributed by atoms with Crippen LogP contribution >= 0.6 is 11.3 Å². The number of hydrogen-bond donors (Lipinski definition) is 0. The molecule has 0 radical (unpaired) electrons. The third-order valence-electron chi connectivity index (χ3n) is 7.17. The highest BCUT2D eigenvalue weighted by atomic mass is 32.1. The normalized spacial score (nSPS) is 16.3. The van der Waals surface area contributed by atoms with Gasteiger partial charge in [0, 0.05) is 35.8 Å². The summed E-state index contributed by atoms with van der Waals surface area (Å²) >= 11 is 1.53. The fourth-order valence-electron chi connectivity index (χ4n) is 5.02. The predicted molar refractivity (Wildman–Crippen MR) is 145 cm³/mol. The molecule has 194 valence electrons. The Morgan fingerprint density at radius 1 is 0.895 bits per heavy atom. The molecule has 0 unspecified atom stereocenters. The topological polar surface area (TPSA) is 84.9 Å². The summed E-state index contributed by atoms with van der Waals surface area (Å²) in [5.74, 6) is 1.56. The second-order valence-corrected chi connectivity index (χ2v) is 10.5. The van der Waals surface area contributed by atoms with Crippen LogP contribution in [0.2, 0.25) is 0 Å². The summed E-state index contributed by atoms with van der Waals surface area (Å²) in [5, 5.41) is 3.70. The van der Waals surface area contributed by atoms with E-state index in [0.717, 1.165) is 34.5 Å². The number of rotatable bonds is 6. The van der Waals surface area contributed by atoms with Crippen LogP contribution in [-0.4, -0.2) is 71.0 Å². The first-order valence-electron chi connectivity index (χ1n) is 12.8. The third kappa shape index (κ3) is 4.81. The van der Waals surface area contributed by atoms with Crippen molar-refractivity contribution in [1.82, 2.24) is 19.8 Å². The summed E-state index contributed by atoms with van der Waals surface area (Å²) in [6, 6.07) is 19.0. The predicted octanol–water partition coefficient (Wildman–Crippen LogP) is 4.62. The van der Waals surface area contributed by atoms with Crippen LogP contribution < -0.4 is 9.47 Å². The number of pyridine rings is 1. The Bertz CT molecular complexity index is 1460. The van der Waals surface area contributed by atoms with E-state index in [0.29, 0.717) is 43.3 Å². The Morgan fingerprint density at radius 3 is 2.37 bits per heavy atom. The van der Waals surface area contributed by atoms with Crippen molar-refractivity contribution in [3.63, 3.8) is 0 Å². The molecule has 2 saturated heterocycles. The van der Waals surface area contributed by atoms with Gasteiger partial charge in [-0.1, -0.05) is 30.3 Å². The lowest BCUT2D eigenvalue weighted by molar-refractivity contribution is 0.0174. The van der Waals surface area contributed by atoms with Crippen molar-refractivity contribution in [2.75, 3.05) is 33.3 Å². The van der Waals surface area contributed by atoms with Crippen molar-refractivity contribution in [2.24, 2.45) is 0 Å². The van der Waals surface area contributed by atoms with E-state index < -0.39 is 0 Å². The quantitative estimate of drug-likeness (QED) is 0.363. The molecule has 8 nitrogen and oxygen atoms in total. The van der Waals surface area contributed by atoms with Crippen molar-refractivity contribution < 1.29 is 19.1 Å². The molecule has 2 aromatic carbocycles. The molecular formula is C29H28N4O4S. The van der Waals surface area contributed by atoms with Gasteiger partial charge in [0.25, 0.3) is 11.8 Å². The molecular weight excluding hydrogens is 500 g/mol. The fourth-order valence-corrected chi connectivity index (χ4v) is 5.98. The van der Waals surface area contributed by atoms with E-state index in [1.54, 1.807) is 18.1 Å². The minimum Gasteiger partial charge on any atom is -0.496 e. The van der Waals surface area contributed by atoms with Gasteiger partial charge in [0.05, 0.1) is 30.7 Å². The Balaban J connectivity index is 1.04. The van der Waals surface area contributed by atoms with Crippen molar-refractivity contribution >= 4 is 34.1 Å². The number of carbonyl (C=O) groups is 2. The molecule has 0 aliphatic carbocycles. The Kier molecular flexibility index (Phi) is 6.68. The number of hydrogen-bond acceptors (Lipinski definition) is 7. The van der Waals surface area contributed by atoms with Gasteiger partial charge in [0.15, 0.2) is 0 Å². The number of nitrogens with zero attached hydrogens (tertiary/aromatic N) is 4. The molecule has 0 atom stereocenters. The summed E-state index contributed by atoms with van der Waals surface area (Å²) < 4.78 is 11.4. The fraction of sp³-hybridized carbons (Fsp3) is 0.310. The summed E-state index contributed by atoms with van der Waals surface area (Å²) in [7, 11) is 1.60. The lowest BCUT2D eigenvalue weighted by Gasteiger charge is -2.38. The molecule has 4 aromatic rings. The van der Waals surface area contributed by atoms with E-state index in [1.165, 1.54) is 11.3 Å². The average Bonchev–Trinajstić information content (AvgIpc) is 3.44. The highest BCUT2D eigenvalue weighted by molar-refractivity contribution is 7.09. The van der Waals surface area contributed by atoms with E-state index in [2.05, 4.69) is 9.97 Å². The first kappa shape index (κ1) is 24.4. The van der Waals surface area contributed by atoms with Crippen LogP contribution in [0.15, 0.2) is 66.0 Å². The zero-order chi connectivity index (χ0) is 26.1. The van der Waals surface area contributed by atoms with Gasteiger partial charge >= 0.3 is 0 Å². The Labute approximate surface area is 224 Å². The zero-order valence-electron chi connectivity index (χ0n) is 21.1. The standard InChI is InChI=1S/C29H28N4O4S/c1-36-26-15-24(30-23-10-6-5-9-22(23)26)28(34)32-13-11-19(12-14-32)27-31-25(18-38-27)29(35)33-16-21(17-33)37-20-7-3-2-4-8-20/h2-10,15,18-19,21H,11-14,16-17H2,1H3. The van der Waals surface area contributed by atoms with E-state index in [4.69, 9.17) is 9.47 Å². The number of piperidine rings is 1. The summed E-state index contributed by atoms with van der Waals surface area (Å²) in [4.78, 5) is 39.0. The molecule has 6 rings (SSSR count). The molecule has 2 aromatic heterocycles. The van der Waals surface area contributed by atoms with Crippen molar-refractivity contribution in [2.45, 2.75) is 24.9 Å². The molecule has 9 heteroatoms. The van der Waals surface area contributed by atoms with Gasteiger partial charge in [-0.2, -0.15) is 0 Å². The van der Waals surface area contributed by atoms with Crippen molar-refractivity contribution in [1.29, 1.82) is 0 Å². The van der Waals surface area contributed by atoms with Crippen LogP contribution in [0, 0.1) is 0 Å². The van der Waals surface area contributed by atoms with Crippen LogP contribution in [-0.2, 0) is 0 Å². The number of para-hydroxylation sites is 2. The second kappa shape index (κ2) is 10.4. The maximum atomic E-state index is 13.2. The van der Waals surface area contributed by atoms with E-state index in [1.807, 2.05) is 64.9 Å². The van der Waals surface area contributed by atoms with Crippen LogP contribution in [0.3, 0.4) is 0 Å². The number of ether oxygens (including phenoxy) is 2. The van der Waals surface area contributed by atoms with E-state index in [-0.39, 0.29) is 23.8 Å². The van der Waals surface area contributed by atoms with Crippen LogP contribution in [0.5, 0.6) is 11.5 Å². The largest absolute Gasteiger partial charge is 0.496 e. The van der Waals surface area contributed by atoms with Gasteiger partial charge in [-0.05, 0) is 37.1 Å².